The van der Waals surface area contributed by atoms with Crippen LogP contribution in [0.1, 0.15) is 18.4 Å². The van der Waals surface area contributed by atoms with Crippen LogP contribution in [0.5, 0.6) is 0 Å². The molecule has 0 bridgehead atoms. The highest BCUT2D eigenvalue weighted by Crippen LogP contribution is 2.26. The molecule has 2 rings (SSSR count). The van der Waals surface area contributed by atoms with Crippen LogP contribution in [-0.2, 0) is 14.3 Å². The van der Waals surface area contributed by atoms with Crippen molar-refractivity contribution in [3.63, 3.8) is 0 Å². The smallest absolute Gasteiger partial charge is 0.269 e. The number of allylic oxidation sites excluding steroid dienone is 3. The Bertz CT molecular complexity index is 665. The summed E-state index contributed by atoms with van der Waals surface area (Å²) >= 11 is 3.34. The number of hydrogen-bond acceptors (Lipinski definition) is 4. The van der Waals surface area contributed by atoms with E-state index < -0.39 is 0 Å². The number of halogens is 1. The first kappa shape index (κ1) is 18.3. The normalized spacial score (nSPS) is 16.7. The third-order valence-corrected chi connectivity index (χ3v) is 4.40. The Morgan fingerprint density at radius 1 is 1.29 bits per heavy atom. The topological polar surface area (TPSA) is 71.4 Å². The summed E-state index contributed by atoms with van der Waals surface area (Å²) in [5.41, 5.74) is 0.573. The SMILES string of the molecule is COC1=C(OC)CC(CCNC(=O)C(=N)c2ccc(Br)cc2)C=C1. The number of benzene rings is 1. The van der Waals surface area contributed by atoms with Crippen molar-refractivity contribution >= 4 is 27.5 Å². The average Bonchev–Trinajstić information content (AvgIpc) is 2.61. The minimum absolute atomic E-state index is 0.0270. The van der Waals surface area contributed by atoms with Crippen molar-refractivity contribution in [1.29, 1.82) is 5.41 Å². The van der Waals surface area contributed by atoms with Gasteiger partial charge in [-0.15, -0.1) is 0 Å². The van der Waals surface area contributed by atoms with Crippen molar-refractivity contribution in [2.24, 2.45) is 5.92 Å². The second kappa shape index (κ2) is 8.68. The molecule has 0 saturated heterocycles. The molecule has 0 radical (unpaired) electrons. The molecule has 2 N–H and O–H groups in total. The Hall–Kier alpha value is -2.08. The predicted molar refractivity (Wildman–Crippen MR) is 96.9 cm³/mol. The number of carbonyl (C=O) groups is 1. The lowest BCUT2D eigenvalue weighted by Gasteiger charge is -2.20. The van der Waals surface area contributed by atoms with Crippen LogP contribution >= 0.6 is 15.9 Å². The molecule has 1 atom stereocenters. The maximum atomic E-state index is 12.1. The lowest BCUT2D eigenvalue weighted by atomic mass is 9.95. The van der Waals surface area contributed by atoms with Gasteiger partial charge in [0.25, 0.3) is 5.91 Å². The molecule has 0 saturated carbocycles. The van der Waals surface area contributed by atoms with Gasteiger partial charge in [-0.25, -0.2) is 0 Å². The van der Waals surface area contributed by atoms with Crippen LogP contribution in [-0.4, -0.2) is 32.4 Å². The standard InChI is InChI=1S/C18H21BrN2O3/c1-23-15-8-3-12(11-16(15)24-2)9-10-21-18(22)17(20)13-4-6-14(19)7-5-13/h3-8,12,20H,9-11H2,1-2H3,(H,21,22). The molecule has 1 aromatic carbocycles. The number of rotatable bonds is 7. The molecule has 128 valence electrons. The van der Waals surface area contributed by atoms with E-state index >= 15 is 0 Å². The van der Waals surface area contributed by atoms with Crippen molar-refractivity contribution in [3.05, 3.63) is 58.0 Å². The van der Waals surface area contributed by atoms with Gasteiger partial charge in [0.1, 0.15) is 11.5 Å². The largest absolute Gasteiger partial charge is 0.497 e. The third-order valence-electron chi connectivity index (χ3n) is 3.87. The van der Waals surface area contributed by atoms with Gasteiger partial charge in [0.05, 0.1) is 14.2 Å². The van der Waals surface area contributed by atoms with Crippen LogP contribution < -0.4 is 5.32 Å². The fraction of sp³-hybridized carbons (Fsp3) is 0.333. The van der Waals surface area contributed by atoms with E-state index in [2.05, 4.69) is 27.3 Å². The zero-order valence-electron chi connectivity index (χ0n) is 13.8. The van der Waals surface area contributed by atoms with Crippen molar-refractivity contribution < 1.29 is 14.3 Å². The highest BCUT2D eigenvalue weighted by Gasteiger charge is 2.18. The third kappa shape index (κ3) is 4.71. The van der Waals surface area contributed by atoms with Gasteiger partial charge in [-0.2, -0.15) is 0 Å². The Kier molecular flexibility index (Phi) is 6.61. The van der Waals surface area contributed by atoms with E-state index in [1.807, 2.05) is 18.2 Å². The van der Waals surface area contributed by atoms with Gasteiger partial charge < -0.3 is 14.8 Å². The Labute approximate surface area is 150 Å². The Morgan fingerprint density at radius 3 is 2.62 bits per heavy atom. The molecule has 0 heterocycles. The first-order valence-corrected chi connectivity index (χ1v) is 8.46. The quantitative estimate of drug-likeness (QED) is 0.698. The molecule has 1 aliphatic carbocycles. The van der Waals surface area contributed by atoms with E-state index in [-0.39, 0.29) is 17.5 Å². The van der Waals surface area contributed by atoms with Crippen molar-refractivity contribution in [1.82, 2.24) is 5.32 Å². The maximum absolute atomic E-state index is 12.1. The monoisotopic (exact) mass is 392 g/mol. The second-order valence-corrected chi connectivity index (χ2v) is 6.36. The summed E-state index contributed by atoms with van der Waals surface area (Å²) in [6.45, 7) is 0.506. The summed E-state index contributed by atoms with van der Waals surface area (Å²) in [6.07, 6.45) is 5.49. The summed E-state index contributed by atoms with van der Waals surface area (Å²) in [7, 11) is 3.25. The maximum Gasteiger partial charge on any atom is 0.269 e. The zero-order valence-corrected chi connectivity index (χ0v) is 15.4. The summed E-state index contributed by atoms with van der Waals surface area (Å²) in [5.74, 6) is 1.48. The molecular weight excluding hydrogens is 372 g/mol. The van der Waals surface area contributed by atoms with Gasteiger partial charge in [-0.05, 0) is 30.5 Å². The van der Waals surface area contributed by atoms with E-state index in [1.54, 1.807) is 26.4 Å². The highest BCUT2D eigenvalue weighted by molar-refractivity contribution is 9.10. The van der Waals surface area contributed by atoms with E-state index in [4.69, 9.17) is 14.9 Å². The molecule has 6 heteroatoms. The molecule has 24 heavy (non-hydrogen) atoms. The van der Waals surface area contributed by atoms with Crippen LogP contribution in [0.15, 0.2) is 52.4 Å². The summed E-state index contributed by atoms with van der Waals surface area (Å²) in [4.78, 5) is 12.1. The van der Waals surface area contributed by atoms with Crippen LogP contribution in [0.2, 0.25) is 0 Å². The van der Waals surface area contributed by atoms with Crippen LogP contribution in [0.25, 0.3) is 0 Å². The zero-order chi connectivity index (χ0) is 17.5. The summed E-state index contributed by atoms with van der Waals surface area (Å²) in [6, 6.07) is 7.13. The Balaban J connectivity index is 1.81. The minimum Gasteiger partial charge on any atom is -0.497 e. The highest BCUT2D eigenvalue weighted by atomic mass is 79.9. The van der Waals surface area contributed by atoms with E-state index in [0.29, 0.717) is 12.1 Å². The molecule has 1 unspecified atom stereocenters. The lowest BCUT2D eigenvalue weighted by Crippen LogP contribution is -2.32. The molecule has 0 spiro atoms. The van der Waals surface area contributed by atoms with E-state index in [0.717, 1.165) is 28.8 Å². The van der Waals surface area contributed by atoms with Crippen molar-refractivity contribution in [2.45, 2.75) is 12.8 Å². The lowest BCUT2D eigenvalue weighted by molar-refractivity contribution is -0.114. The van der Waals surface area contributed by atoms with Gasteiger partial charge >= 0.3 is 0 Å². The van der Waals surface area contributed by atoms with Gasteiger partial charge in [0, 0.05) is 23.0 Å². The second-order valence-electron chi connectivity index (χ2n) is 5.45. The van der Waals surface area contributed by atoms with Gasteiger partial charge in [0.2, 0.25) is 0 Å². The Morgan fingerprint density at radius 2 is 2.00 bits per heavy atom. The van der Waals surface area contributed by atoms with E-state index in [1.165, 1.54) is 0 Å². The predicted octanol–water partition coefficient (Wildman–Crippen LogP) is 3.40. The molecule has 1 amide bonds. The first-order chi connectivity index (χ1) is 11.5. The van der Waals surface area contributed by atoms with Crippen molar-refractivity contribution in [2.75, 3.05) is 20.8 Å². The molecular formula is C18H21BrN2O3. The molecule has 0 aromatic heterocycles. The van der Waals surface area contributed by atoms with Gasteiger partial charge in [-0.1, -0.05) is 34.1 Å². The minimum atomic E-state index is -0.364. The number of hydrogen-bond donors (Lipinski definition) is 2. The van der Waals surface area contributed by atoms with Gasteiger partial charge in [-0.3, -0.25) is 10.2 Å². The summed E-state index contributed by atoms with van der Waals surface area (Å²) < 4.78 is 11.5. The number of ether oxygens (including phenoxy) is 2. The van der Waals surface area contributed by atoms with Crippen molar-refractivity contribution in [3.8, 4) is 0 Å². The molecule has 5 nitrogen and oxygen atoms in total. The summed E-state index contributed by atoms with van der Waals surface area (Å²) in [5, 5.41) is 10.8. The number of carbonyl (C=O) groups excluding carboxylic acids is 1. The molecule has 1 aliphatic rings. The number of amides is 1. The number of methoxy groups -OCH3 is 2. The number of nitrogens with one attached hydrogen (secondary N) is 2. The fourth-order valence-electron chi connectivity index (χ4n) is 2.49. The molecule has 1 aromatic rings. The van der Waals surface area contributed by atoms with Gasteiger partial charge in [0.15, 0.2) is 5.76 Å². The first-order valence-electron chi connectivity index (χ1n) is 7.67. The fourth-order valence-corrected chi connectivity index (χ4v) is 2.76. The average molecular weight is 393 g/mol. The van der Waals surface area contributed by atoms with Crippen LogP contribution in [0.4, 0.5) is 0 Å². The van der Waals surface area contributed by atoms with E-state index in [9.17, 15) is 4.79 Å². The molecule has 0 aliphatic heterocycles. The van der Waals surface area contributed by atoms with Crippen LogP contribution in [0, 0.1) is 11.3 Å². The van der Waals surface area contributed by atoms with Crippen LogP contribution in [0.3, 0.4) is 0 Å². The molecule has 0 fully saturated rings.